The van der Waals surface area contributed by atoms with Crippen molar-refractivity contribution >= 4 is 5.78 Å². The number of Topliss-reactive ketones (excluding diaryl/α,β-unsaturated/α-hetero) is 1. The van der Waals surface area contributed by atoms with Gasteiger partial charge in [0.05, 0.1) is 12.6 Å². The van der Waals surface area contributed by atoms with Crippen LogP contribution in [0.5, 0.6) is 0 Å². The maximum Gasteiger partial charge on any atom is 0.250 e. The van der Waals surface area contributed by atoms with Crippen molar-refractivity contribution < 1.29 is 18.7 Å². The van der Waals surface area contributed by atoms with Crippen LogP contribution in [0.2, 0.25) is 0 Å². The molecule has 0 bridgehead atoms. The van der Waals surface area contributed by atoms with Gasteiger partial charge in [-0.25, -0.2) is 8.78 Å². The van der Waals surface area contributed by atoms with Crippen molar-refractivity contribution in [2.75, 3.05) is 13.1 Å². The Morgan fingerprint density at radius 3 is 2.41 bits per heavy atom. The number of nitrogens with zero attached hydrogens (tertiary/aromatic N) is 1. The molecule has 2 atom stereocenters. The number of hydrogen-bond acceptors (Lipinski definition) is 5. The molecule has 6 nitrogen and oxygen atoms in total. The first-order chi connectivity index (χ1) is 18.8. The first-order valence-electron chi connectivity index (χ1n) is 13.6. The normalized spacial score (nSPS) is 12.8. The SMILES string of the molecule is CCCCn1ccc(CC(=O)CN[C@@H](Cc2cc(F)cc(F)c2)[C@H](O)CNCc2cccc(CC)c2)cc1=O. The Balaban J connectivity index is 1.62. The highest BCUT2D eigenvalue weighted by molar-refractivity contribution is 5.82. The maximum absolute atomic E-state index is 13.8. The van der Waals surface area contributed by atoms with Crippen molar-refractivity contribution in [1.29, 1.82) is 0 Å². The number of aromatic nitrogens is 1. The number of aryl methyl sites for hydroxylation is 2. The van der Waals surface area contributed by atoms with Crippen molar-refractivity contribution in [1.82, 2.24) is 15.2 Å². The Kier molecular flexibility index (Phi) is 12.0. The van der Waals surface area contributed by atoms with E-state index in [1.165, 1.54) is 23.8 Å². The van der Waals surface area contributed by atoms with Gasteiger partial charge >= 0.3 is 0 Å². The first-order valence-corrected chi connectivity index (χ1v) is 13.6. The second kappa shape index (κ2) is 15.4. The maximum atomic E-state index is 13.8. The molecule has 3 aromatic rings. The smallest absolute Gasteiger partial charge is 0.250 e. The van der Waals surface area contributed by atoms with Crippen molar-refractivity contribution in [3.63, 3.8) is 0 Å². The van der Waals surface area contributed by atoms with Gasteiger partial charge in [-0.05, 0) is 59.7 Å². The number of pyridine rings is 1. The molecular formula is C31H39F2N3O3. The van der Waals surface area contributed by atoms with E-state index in [4.69, 9.17) is 0 Å². The number of carbonyl (C=O) groups is 1. The topological polar surface area (TPSA) is 83.4 Å². The molecule has 8 heteroatoms. The van der Waals surface area contributed by atoms with Crippen LogP contribution in [-0.4, -0.2) is 40.7 Å². The summed E-state index contributed by atoms with van der Waals surface area (Å²) in [5.41, 5.74) is 3.17. The summed E-state index contributed by atoms with van der Waals surface area (Å²) in [6, 6.07) is 14.0. The molecule has 0 amide bonds. The lowest BCUT2D eigenvalue weighted by Gasteiger charge is -2.25. The van der Waals surface area contributed by atoms with Gasteiger partial charge in [0.2, 0.25) is 0 Å². The number of carbonyl (C=O) groups excluding carboxylic acids is 1. The predicted octanol–water partition coefficient (Wildman–Crippen LogP) is 3.95. The molecule has 0 aliphatic heterocycles. The van der Waals surface area contributed by atoms with Crippen molar-refractivity contribution in [2.24, 2.45) is 0 Å². The fourth-order valence-electron chi connectivity index (χ4n) is 4.50. The average molecular weight is 540 g/mol. The summed E-state index contributed by atoms with van der Waals surface area (Å²) in [5.74, 6) is -1.55. The molecule has 0 aliphatic carbocycles. The molecule has 0 saturated carbocycles. The van der Waals surface area contributed by atoms with Crippen LogP contribution in [0.4, 0.5) is 8.78 Å². The fourth-order valence-corrected chi connectivity index (χ4v) is 4.50. The number of rotatable bonds is 16. The number of ketones is 1. The van der Waals surface area contributed by atoms with Gasteiger partial charge in [0.15, 0.2) is 5.78 Å². The second-order valence-electron chi connectivity index (χ2n) is 9.98. The lowest BCUT2D eigenvalue weighted by atomic mass is 10.00. The van der Waals surface area contributed by atoms with Crippen LogP contribution < -0.4 is 16.2 Å². The molecule has 1 aromatic heterocycles. The lowest BCUT2D eigenvalue weighted by Crippen LogP contribution is -2.48. The second-order valence-corrected chi connectivity index (χ2v) is 9.98. The highest BCUT2D eigenvalue weighted by Crippen LogP contribution is 2.12. The minimum absolute atomic E-state index is 0.0585. The summed E-state index contributed by atoms with van der Waals surface area (Å²) >= 11 is 0. The molecule has 0 radical (unpaired) electrons. The number of unbranched alkanes of at least 4 members (excludes halogenated alkanes) is 1. The Morgan fingerprint density at radius 2 is 1.72 bits per heavy atom. The Hall–Kier alpha value is -3.20. The molecule has 0 unspecified atom stereocenters. The van der Waals surface area contributed by atoms with E-state index in [0.29, 0.717) is 24.2 Å². The molecule has 0 saturated heterocycles. The minimum Gasteiger partial charge on any atom is -0.390 e. The van der Waals surface area contributed by atoms with Crippen LogP contribution in [0, 0.1) is 11.6 Å². The Morgan fingerprint density at radius 1 is 0.974 bits per heavy atom. The highest BCUT2D eigenvalue weighted by Gasteiger charge is 2.21. The van der Waals surface area contributed by atoms with E-state index >= 15 is 0 Å². The molecule has 0 aliphatic rings. The molecule has 39 heavy (non-hydrogen) atoms. The zero-order chi connectivity index (χ0) is 28.2. The van der Waals surface area contributed by atoms with Crippen LogP contribution in [0.3, 0.4) is 0 Å². The molecule has 2 aromatic carbocycles. The molecule has 3 rings (SSSR count). The van der Waals surface area contributed by atoms with Gasteiger partial charge in [-0.3, -0.25) is 9.59 Å². The minimum atomic E-state index is -0.930. The summed E-state index contributed by atoms with van der Waals surface area (Å²) in [7, 11) is 0. The fraction of sp³-hybridized carbons (Fsp3) is 0.419. The van der Waals surface area contributed by atoms with E-state index in [9.17, 15) is 23.5 Å². The van der Waals surface area contributed by atoms with E-state index in [-0.39, 0.29) is 37.3 Å². The van der Waals surface area contributed by atoms with Crippen LogP contribution >= 0.6 is 0 Å². The van der Waals surface area contributed by atoms with Gasteiger partial charge in [0, 0.05) is 50.4 Å². The zero-order valence-electron chi connectivity index (χ0n) is 22.8. The van der Waals surface area contributed by atoms with Crippen LogP contribution in [0.25, 0.3) is 0 Å². The van der Waals surface area contributed by atoms with Gasteiger partial charge in [-0.1, -0.05) is 44.5 Å². The third kappa shape index (κ3) is 10.1. The van der Waals surface area contributed by atoms with E-state index in [1.807, 2.05) is 12.1 Å². The summed E-state index contributed by atoms with van der Waals surface area (Å²) in [6.45, 7) is 5.50. The summed E-state index contributed by atoms with van der Waals surface area (Å²) in [6.07, 6.45) is 3.79. The van der Waals surface area contributed by atoms with Gasteiger partial charge in [0.1, 0.15) is 11.6 Å². The van der Waals surface area contributed by atoms with E-state index < -0.39 is 23.8 Å². The zero-order valence-corrected chi connectivity index (χ0v) is 22.8. The molecule has 0 spiro atoms. The van der Waals surface area contributed by atoms with E-state index in [1.54, 1.807) is 16.8 Å². The van der Waals surface area contributed by atoms with Crippen LogP contribution in [0.1, 0.15) is 48.9 Å². The Bertz CT molecular complexity index is 1260. The van der Waals surface area contributed by atoms with Crippen molar-refractivity contribution in [3.8, 4) is 0 Å². The predicted molar refractivity (Wildman–Crippen MR) is 150 cm³/mol. The van der Waals surface area contributed by atoms with Crippen molar-refractivity contribution in [2.45, 2.75) is 71.2 Å². The number of benzene rings is 2. The molecule has 1 heterocycles. The molecule has 3 N–H and O–H groups in total. The number of halogens is 2. The largest absolute Gasteiger partial charge is 0.390 e. The number of hydrogen-bond donors (Lipinski definition) is 3. The van der Waals surface area contributed by atoms with Crippen molar-refractivity contribution in [3.05, 3.63) is 105 Å². The van der Waals surface area contributed by atoms with Gasteiger partial charge in [-0.2, -0.15) is 0 Å². The summed E-state index contributed by atoms with van der Waals surface area (Å²) < 4.78 is 29.2. The third-order valence-corrected chi connectivity index (χ3v) is 6.70. The molecule has 210 valence electrons. The standard InChI is InChI=1S/C31H39F2N3O3/c1-3-5-10-36-11-9-23(17-31(36)39)15-28(37)20-35-29(16-25-13-26(32)18-27(33)14-25)30(38)21-34-19-24-8-6-7-22(4-2)12-24/h6-9,11-14,17-18,29-30,34-35,38H,3-5,10,15-16,19-21H2,1-2H3/t29-,30+/m0/s1. The average Bonchev–Trinajstić information content (AvgIpc) is 2.90. The Labute approximate surface area is 229 Å². The highest BCUT2D eigenvalue weighted by atomic mass is 19.1. The third-order valence-electron chi connectivity index (χ3n) is 6.70. The quantitative estimate of drug-likeness (QED) is 0.257. The van der Waals surface area contributed by atoms with Gasteiger partial charge < -0.3 is 20.3 Å². The van der Waals surface area contributed by atoms with Gasteiger partial charge in [0.25, 0.3) is 5.56 Å². The number of aliphatic hydroxyl groups excluding tert-OH is 1. The molecule has 0 fully saturated rings. The van der Waals surface area contributed by atoms with Crippen LogP contribution in [-0.2, 0) is 37.1 Å². The van der Waals surface area contributed by atoms with E-state index in [0.717, 1.165) is 30.9 Å². The summed E-state index contributed by atoms with van der Waals surface area (Å²) in [5, 5.41) is 17.3. The van der Waals surface area contributed by atoms with E-state index in [2.05, 4.69) is 36.6 Å². The van der Waals surface area contributed by atoms with Crippen LogP contribution in [0.15, 0.2) is 65.6 Å². The molecular weight excluding hydrogens is 500 g/mol. The van der Waals surface area contributed by atoms with Gasteiger partial charge in [-0.15, -0.1) is 0 Å². The first kappa shape index (κ1) is 30.3. The summed E-state index contributed by atoms with van der Waals surface area (Å²) in [4.78, 5) is 25.1. The number of aliphatic hydroxyl groups is 1. The lowest BCUT2D eigenvalue weighted by molar-refractivity contribution is -0.117. The number of nitrogens with one attached hydrogen (secondary N) is 2. The monoisotopic (exact) mass is 539 g/mol.